The maximum absolute atomic E-state index is 10.8. The summed E-state index contributed by atoms with van der Waals surface area (Å²) in [5.41, 5.74) is 0. The molecule has 0 spiro atoms. The third-order valence-electron chi connectivity index (χ3n) is 6.68. The molecule has 0 aromatic carbocycles. The van der Waals surface area contributed by atoms with Gasteiger partial charge in [-0.3, -0.25) is 4.74 Å². The summed E-state index contributed by atoms with van der Waals surface area (Å²) < 4.78 is 22.3. The number of unbranched alkanes of at least 4 members (excludes halogenated alkanes) is 8. The topological polar surface area (TPSA) is 199 Å². The second-order valence-electron chi connectivity index (χ2n) is 9.39. The maximum atomic E-state index is 10.8. The van der Waals surface area contributed by atoms with Crippen LogP contribution in [-0.2, 0) is 18.9 Å². The van der Waals surface area contributed by atoms with Crippen LogP contribution < -0.4 is 0 Å². The van der Waals surface area contributed by atoms with E-state index in [1.165, 1.54) is 25.7 Å². The lowest BCUT2D eigenvalue weighted by molar-refractivity contribution is -0.510. The quantitative estimate of drug-likeness (QED) is 0.0879. The van der Waals surface area contributed by atoms with E-state index < -0.39 is 74.3 Å². The van der Waals surface area contributed by atoms with Crippen LogP contribution in [0.1, 0.15) is 64.7 Å². The average molecular weight is 513 g/mol. The van der Waals surface area contributed by atoms with Crippen molar-refractivity contribution in [2.75, 3.05) is 26.4 Å². The molecular formula is C23H44O12. The molecule has 0 saturated carbocycles. The molecule has 35 heavy (non-hydrogen) atoms. The predicted octanol–water partition coefficient (Wildman–Crippen LogP) is -1.52. The van der Waals surface area contributed by atoms with Crippen molar-refractivity contribution in [1.82, 2.24) is 0 Å². The van der Waals surface area contributed by atoms with Crippen LogP contribution in [0.25, 0.3) is 0 Å². The van der Waals surface area contributed by atoms with Gasteiger partial charge >= 0.3 is 5.97 Å². The highest BCUT2D eigenvalue weighted by atomic mass is 16.9. The highest BCUT2D eigenvalue weighted by molar-refractivity contribution is 5.00. The number of rotatable bonds is 16. The van der Waals surface area contributed by atoms with Gasteiger partial charge in [0.05, 0.1) is 19.8 Å². The van der Waals surface area contributed by atoms with Crippen LogP contribution in [0.5, 0.6) is 0 Å². The van der Waals surface area contributed by atoms with Crippen molar-refractivity contribution in [3.05, 3.63) is 0 Å². The first kappa shape index (κ1) is 30.7. The molecule has 208 valence electrons. The molecule has 0 radical (unpaired) electrons. The van der Waals surface area contributed by atoms with Gasteiger partial charge in [0, 0.05) is 0 Å². The summed E-state index contributed by atoms with van der Waals surface area (Å²) in [6, 6.07) is 0. The van der Waals surface area contributed by atoms with E-state index in [2.05, 4.69) is 6.92 Å². The third-order valence-corrected chi connectivity index (χ3v) is 6.68. The first-order valence-electron chi connectivity index (χ1n) is 12.6. The lowest BCUT2D eigenvalue weighted by atomic mass is 9.97. The van der Waals surface area contributed by atoms with Gasteiger partial charge in [0.25, 0.3) is 0 Å². The molecule has 8 N–H and O–H groups in total. The Morgan fingerprint density at radius 3 is 1.71 bits per heavy atom. The Kier molecular flexibility index (Phi) is 12.7. The largest absolute Gasteiger partial charge is 0.394 e. The van der Waals surface area contributed by atoms with Crippen LogP contribution >= 0.6 is 0 Å². The molecule has 0 bridgehead atoms. The van der Waals surface area contributed by atoms with Crippen LogP contribution in [-0.4, -0.2) is 122 Å². The lowest BCUT2D eigenvalue weighted by Crippen LogP contribution is -2.70. The Morgan fingerprint density at radius 2 is 1.20 bits per heavy atom. The summed E-state index contributed by atoms with van der Waals surface area (Å²) in [6.45, 7) is -0.379. The van der Waals surface area contributed by atoms with Crippen molar-refractivity contribution in [2.24, 2.45) is 0 Å². The fourth-order valence-electron chi connectivity index (χ4n) is 4.46. The fraction of sp³-hybridized carbons (Fsp3) is 1.00. The molecule has 9 atom stereocenters. The highest BCUT2D eigenvalue weighted by Gasteiger charge is 2.64. The summed E-state index contributed by atoms with van der Waals surface area (Å²) >= 11 is 0. The SMILES string of the molecule is CCCCCCCCCCCO[C@@]1(OC2(CO)O[C@H](CO)[C@@H](O)[C@@H]2O)O[C@H](CO)[C@@H](O)[C@H](O)[C@H]1O. The van der Waals surface area contributed by atoms with E-state index in [9.17, 15) is 40.9 Å². The Balaban J connectivity index is 2.08. The molecule has 0 aliphatic carbocycles. The second-order valence-corrected chi connectivity index (χ2v) is 9.39. The van der Waals surface area contributed by atoms with Gasteiger partial charge in [-0.1, -0.05) is 58.3 Å². The van der Waals surface area contributed by atoms with E-state index in [1.54, 1.807) is 0 Å². The Morgan fingerprint density at radius 1 is 0.657 bits per heavy atom. The van der Waals surface area contributed by atoms with E-state index in [0.717, 1.165) is 25.7 Å². The minimum Gasteiger partial charge on any atom is -0.394 e. The van der Waals surface area contributed by atoms with Crippen molar-refractivity contribution in [3.63, 3.8) is 0 Å². The second kappa shape index (κ2) is 14.5. The fourth-order valence-corrected chi connectivity index (χ4v) is 4.46. The van der Waals surface area contributed by atoms with E-state index in [0.29, 0.717) is 6.42 Å². The summed E-state index contributed by atoms with van der Waals surface area (Å²) in [6.07, 6.45) is -2.57. The summed E-state index contributed by atoms with van der Waals surface area (Å²) in [5, 5.41) is 80.9. The molecule has 0 aromatic rings. The monoisotopic (exact) mass is 512 g/mol. The number of aliphatic hydroxyl groups is 8. The maximum Gasteiger partial charge on any atom is 0.316 e. The average Bonchev–Trinajstić information content (AvgIpc) is 3.10. The lowest BCUT2D eigenvalue weighted by Gasteiger charge is -2.50. The molecule has 2 saturated heterocycles. The molecule has 0 amide bonds. The zero-order chi connectivity index (χ0) is 26.1. The molecule has 0 aromatic heterocycles. The van der Waals surface area contributed by atoms with E-state index >= 15 is 0 Å². The standard InChI is InChI=1S/C23H44O12/c1-2-3-4-5-6-7-8-9-10-11-32-23(21(31)19(29)17(27)15(12-24)34-23)35-22(14-26)20(30)18(28)16(13-25)33-22/h15-21,24-31H,2-14H2,1H3/t15-,16-,17-,18-,19+,20+,21-,22?,23-/m1/s1. The first-order valence-corrected chi connectivity index (χ1v) is 12.6. The van der Waals surface area contributed by atoms with Crippen molar-refractivity contribution < 1.29 is 59.8 Å². The van der Waals surface area contributed by atoms with Crippen molar-refractivity contribution in [2.45, 2.75) is 119 Å². The molecular weight excluding hydrogens is 468 g/mol. The van der Waals surface area contributed by atoms with Crippen LogP contribution in [0, 0.1) is 0 Å². The van der Waals surface area contributed by atoms with Crippen molar-refractivity contribution in [1.29, 1.82) is 0 Å². The zero-order valence-corrected chi connectivity index (χ0v) is 20.4. The molecule has 2 heterocycles. The van der Waals surface area contributed by atoms with E-state index in [4.69, 9.17) is 18.9 Å². The molecule has 1 unspecified atom stereocenters. The van der Waals surface area contributed by atoms with Crippen LogP contribution in [0.15, 0.2) is 0 Å². The summed E-state index contributed by atoms with van der Waals surface area (Å²) in [7, 11) is 0. The van der Waals surface area contributed by atoms with Gasteiger partial charge in [-0.05, 0) is 6.42 Å². The Labute approximate surface area is 206 Å². The third kappa shape index (κ3) is 7.30. The van der Waals surface area contributed by atoms with Crippen LogP contribution in [0.2, 0.25) is 0 Å². The first-order chi connectivity index (χ1) is 16.7. The van der Waals surface area contributed by atoms with E-state index in [1.807, 2.05) is 0 Å². The van der Waals surface area contributed by atoms with Crippen LogP contribution in [0.4, 0.5) is 0 Å². The number of hydrogen-bond acceptors (Lipinski definition) is 12. The smallest absolute Gasteiger partial charge is 0.316 e. The van der Waals surface area contributed by atoms with Gasteiger partial charge < -0.3 is 55.1 Å². The van der Waals surface area contributed by atoms with Gasteiger partial charge in [-0.2, -0.15) is 0 Å². The van der Waals surface area contributed by atoms with Gasteiger partial charge in [-0.15, -0.1) is 0 Å². The predicted molar refractivity (Wildman–Crippen MR) is 121 cm³/mol. The number of aliphatic hydroxyl groups excluding tert-OH is 8. The van der Waals surface area contributed by atoms with Crippen molar-refractivity contribution >= 4 is 0 Å². The Bertz CT molecular complexity index is 595. The summed E-state index contributed by atoms with van der Waals surface area (Å²) in [5.74, 6) is -4.96. The minimum absolute atomic E-state index is 0.0303. The molecule has 2 aliphatic heterocycles. The molecule has 2 aliphatic rings. The Hall–Kier alpha value is -0.480. The van der Waals surface area contributed by atoms with Gasteiger partial charge in [0.1, 0.15) is 43.2 Å². The highest BCUT2D eigenvalue weighted by Crippen LogP contribution is 2.41. The number of hydrogen-bond donors (Lipinski definition) is 8. The molecule has 2 fully saturated rings. The molecule has 12 nitrogen and oxygen atoms in total. The molecule has 2 rings (SSSR count). The van der Waals surface area contributed by atoms with Crippen LogP contribution in [0.3, 0.4) is 0 Å². The van der Waals surface area contributed by atoms with E-state index in [-0.39, 0.29) is 6.61 Å². The van der Waals surface area contributed by atoms with Gasteiger partial charge in [-0.25, -0.2) is 0 Å². The summed E-state index contributed by atoms with van der Waals surface area (Å²) in [4.78, 5) is 0. The van der Waals surface area contributed by atoms with Gasteiger partial charge in [0.2, 0.25) is 5.79 Å². The zero-order valence-electron chi connectivity index (χ0n) is 20.4. The number of ether oxygens (including phenoxy) is 4. The van der Waals surface area contributed by atoms with Gasteiger partial charge in [0.15, 0.2) is 6.10 Å². The molecule has 12 heteroatoms. The normalized spacial score (nSPS) is 39.9. The minimum atomic E-state index is -2.57. The van der Waals surface area contributed by atoms with Crippen molar-refractivity contribution in [3.8, 4) is 0 Å².